The zero-order valence-electron chi connectivity index (χ0n) is 10.6. The van der Waals surface area contributed by atoms with Gasteiger partial charge in [-0.2, -0.15) is 8.42 Å². The van der Waals surface area contributed by atoms with Crippen molar-refractivity contribution in [1.29, 1.82) is 0 Å². The first kappa shape index (κ1) is 15.5. The summed E-state index contributed by atoms with van der Waals surface area (Å²) in [6.07, 6.45) is 0.823. The molecule has 0 aromatic heterocycles. The summed E-state index contributed by atoms with van der Waals surface area (Å²) < 4.78 is 53.3. The van der Waals surface area contributed by atoms with Crippen molar-refractivity contribution < 1.29 is 26.2 Å². The van der Waals surface area contributed by atoms with Crippen LogP contribution in [0.1, 0.15) is 15.9 Å². The van der Waals surface area contributed by atoms with Gasteiger partial charge in [0.25, 0.3) is 16.0 Å². The fourth-order valence-electron chi connectivity index (χ4n) is 1.31. The lowest BCUT2D eigenvalue weighted by atomic mass is 10.1. The van der Waals surface area contributed by atoms with E-state index >= 15 is 0 Å². The molecule has 0 atom stereocenters. The third kappa shape index (κ3) is 4.25. The van der Waals surface area contributed by atoms with Crippen LogP contribution in [0.3, 0.4) is 0 Å². The topological polar surface area (TPSA) is 63.7 Å². The largest absolute Gasteiger partial charge is 0.345 e. The molecule has 0 heterocycles. The Kier molecular flexibility index (Phi) is 4.59. The summed E-state index contributed by atoms with van der Waals surface area (Å²) in [6.45, 7) is -0.497. The second kappa shape index (κ2) is 5.62. The molecule has 0 spiro atoms. The summed E-state index contributed by atoms with van der Waals surface area (Å²) in [4.78, 5) is 12.6. The number of hydrogen-bond acceptors (Lipinski definition) is 4. The normalized spacial score (nSPS) is 11.4. The van der Waals surface area contributed by atoms with Crippen LogP contribution in [0.2, 0.25) is 0 Å². The van der Waals surface area contributed by atoms with Crippen LogP contribution in [-0.2, 0) is 20.9 Å². The summed E-state index contributed by atoms with van der Waals surface area (Å²) in [7, 11) is -0.982. The average molecular weight is 293 g/mol. The van der Waals surface area contributed by atoms with Gasteiger partial charge in [0.05, 0.1) is 12.9 Å². The first-order valence-corrected chi connectivity index (χ1v) is 6.97. The molecule has 106 valence electrons. The monoisotopic (exact) mass is 293 g/mol. The maximum atomic E-state index is 13.6. The molecule has 0 saturated heterocycles. The third-order valence-corrected chi connectivity index (χ3v) is 2.71. The Balaban J connectivity index is 3.07. The lowest BCUT2D eigenvalue weighted by molar-refractivity contribution is 0.0818. The van der Waals surface area contributed by atoms with E-state index in [0.29, 0.717) is 0 Å². The Morgan fingerprint density at radius 3 is 2.11 bits per heavy atom. The van der Waals surface area contributed by atoms with Gasteiger partial charge in [0, 0.05) is 14.1 Å². The van der Waals surface area contributed by atoms with E-state index in [-0.39, 0.29) is 5.56 Å². The van der Waals surface area contributed by atoms with Crippen LogP contribution in [0.25, 0.3) is 0 Å². The van der Waals surface area contributed by atoms with Gasteiger partial charge in [0.15, 0.2) is 0 Å². The fraction of sp³-hybridized carbons (Fsp3) is 0.364. The number of carbonyl (C=O) groups excluding carboxylic acids is 1. The predicted molar refractivity (Wildman–Crippen MR) is 64.0 cm³/mol. The summed E-state index contributed by atoms with van der Waals surface area (Å²) in [5.74, 6) is -2.94. The van der Waals surface area contributed by atoms with Crippen LogP contribution in [-0.4, -0.2) is 39.6 Å². The third-order valence-electron chi connectivity index (χ3n) is 2.16. The Hall–Kier alpha value is -1.54. The molecule has 0 bridgehead atoms. The van der Waals surface area contributed by atoms with Crippen LogP contribution in [0, 0.1) is 11.6 Å². The molecule has 19 heavy (non-hydrogen) atoms. The Morgan fingerprint density at radius 2 is 1.74 bits per heavy atom. The van der Waals surface area contributed by atoms with E-state index in [9.17, 15) is 22.0 Å². The van der Waals surface area contributed by atoms with Gasteiger partial charge in [-0.05, 0) is 17.7 Å². The van der Waals surface area contributed by atoms with Gasteiger partial charge in [-0.15, -0.1) is 0 Å². The highest BCUT2D eigenvalue weighted by Crippen LogP contribution is 2.18. The minimum atomic E-state index is -3.71. The smallest absolute Gasteiger partial charge is 0.264 e. The number of carbonyl (C=O) groups is 1. The van der Waals surface area contributed by atoms with Gasteiger partial charge >= 0.3 is 0 Å². The van der Waals surface area contributed by atoms with Gasteiger partial charge < -0.3 is 4.90 Å². The second-order valence-corrected chi connectivity index (χ2v) is 5.74. The molecule has 5 nitrogen and oxygen atoms in total. The molecule has 1 aromatic rings. The molecule has 0 unspecified atom stereocenters. The van der Waals surface area contributed by atoms with Crippen molar-refractivity contribution in [2.45, 2.75) is 6.61 Å². The first-order chi connectivity index (χ1) is 8.61. The highest BCUT2D eigenvalue weighted by atomic mass is 32.2. The van der Waals surface area contributed by atoms with Crippen molar-refractivity contribution >= 4 is 16.0 Å². The summed E-state index contributed by atoms with van der Waals surface area (Å²) in [5, 5.41) is 0. The molecular weight excluding hydrogens is 280 g/mol. The van der Waals surface area contributed by atoms with E-state index in [1.165, 1.54) is 14.1 Å². The first-order valence-electron chi connectivity index (χ1n) is 5.16. The maximum Gasteiger partial charge on any atom is 0.264 e. The summed E-state index contributed by atoms with van der Waals surface area (Å²) in [6, 6.07) is 1.73. The van der Waals surface area contributed by atoms with Crippen LogP contribution in [0.4, 0.5) is 8.78 Å². The molecule has 0 saturated carbocycles. The number of rotatable bonds is 4. The molecule has 1 rings (SSSR count). The van der Waals surface area contributed by atoms with E-state index in [1.807, 2.05) is 0 Å². The number of nitrogens with zero attached hydrogens (tertiary/aromatic N) is 1. The zero-order chi connectivity index (χ0) is 14.8. The van der Waals surface area contributed by atoms with Crippen LogP contribution in [0.5, 0.6) is 0 Å². The number of halogens is 2. The summed E-state index contributed by atoms with van der Waals surface area (Å²) >= 11 is 0. The number of hydrogen-bond donors (Lipinski definition) is 0. The number of benzene rings is 1. The minimum Gasteiger partial charge on any atom is -0.345 e. The van der Waals surface area contributed by atoms with Crippen molar-refractivity contribution in [3.8, 4) is 0 Å². The van der Waals surface area contributed by atoms with Gasteiger partial charge in [-0.1, -0.05) is 0 Å². The van der Waals surface area contributed by atoms with Crippen LogP contribution in [0.15, 0.2) is 12.1 Å². The van der Waals surface area contributed by atoms with E-state index in [0.717, 1.165) is 23.3 Å². The highest BCUT2D eigenvalue weighted by Gasteiger charge is 2.20. The van der Waals surface area contributed by atoms with Gasteiger partial charge in [-0.3, -0.25) is 8.98 Å². The standard InChI is InChI=1S/C11H13F2NO4S/c1-14(2)11(15)10-8(12)4-7(5-9(10)13)6-18-19(3,16)17/h4-5H,6H2,1-3H3. The van der Waals surface area contributed by atoms with Crippen molar-refractivity contribution in [3.05, 3.63) is 34.9 Å². The SMILES string of the molecule is CN(C)C(=O)c1c(F)cc(COS(C)(=O)=O)cc1F. The maximum absolute atomic E-state index is 13.6. The lowest BCUT2D eigenvalue weighted by Gasteiger charge is -2.12. The van der Waals surface area contributed by atoms with Crippen molar-refractivity contribution in [2.75, 3.05) is 20.4 Å². The minimum absolute atomic E-state index is 0.0178. The molecule has 0 aliphatic rings. The summed E-state index contributed by atoms with van der Waals surface area (Å²) in [5.41, 5.74) is -0.705. The molecular formula is C11H13F2NO4S. The number of amides is 1. The molecule has 1 amide bonds. The van der Waals surface area contributed by atoms with E-state index < -0.39 is 39.8 Å². The molecule has 0 aliphatic heterocycles. The molecule has 0 fully saturated rings. The molecule has 0 N–H and O–H groups in total. The van der Waals surface area contributed by atoms with Gasteiger partial charge in [0.1, 0.15) is 17.2 Å². The Morgan fingerprint density at radius 1 is 1.26 bits per heavy atom. The predicted octanol–water partition coefficient (Wildman–Crippen LogP) is 1.14. The molecule has 8 heteroatoms. The van der Waals surface area contributed by atoms with E-state index in [1.54, 1.807) is 0 Å². The lowest BCUT2D eigenvalue weighted by Crippen LogP contribution is -2.24. The van der Waals surface area contributed by atoms with Crippen LogP contribution < -0.4 is 0 Å². The molecule has 0 aliphatic carbocycles. The Bertz CT molecular complexity index is 576. The Labute approximate surface area is 109 Å². The van der Waals surface area contributed by atoms with E-state index in [2.05, 4.69) is 4.18 Å². The van der Waals surface area contributed by atoms with E-state index in [4.69, 9.17) is 0 Å². The quantitative estimate of drug-likeness (QED) is 0.781. The molecule has 1 aromatic carbocycles. The highest BCUT2D eigenvalue weighted by molar-refractivity contribution is 7.85. The van der Waals surface area contributed by atoms with Crippen molar-refractivity contribution in [3.63, 3.8) is 0 Å². The zero-order valence-corrected chi connectivity index (χ0v) is 11.4. The fourth-order valence-corrected chi connectivity index (χ4v) is 1.66. The van der Waals surface area contributed by atoms with Gasteiger partial charge in [0.2, 0.25) is 0 Å². The van der Waals surface area contributed by atoms with Gasteiger partial charge in [-0.25, -0.2) is 8.78 Å². The average Bonchev–Trinajstić information content (AvgIpc) is 2.24. The van der Waals surface area contributed by atoms with Crippen molar-refractivity contribution in [2.24, 2.45) is 0 Å². The van der Waals surface area contributed by atoms with Crippen LogP contribution >= 0.6 is 0 Å². The molecule has 0 radical (unpaired) electrons. The second-order valence-electron chi connectivity index (χ2n) is 4.10. The van der Waals surface area contributed by atoms with Crippen molar-refractivity contribution in [1.82, 2.24) is 4.90 Å².